The number of alkyl halides is 2. The molecule has 0 saturated carbocycles. The van der Waals surface area contributed by atoms with Crippen molar-refractivity contribution >= 4 is 13.9 Å². The van der Waals surface area contributed by atoms with Crippen LogP contribution in [0.15, 0.2) is 24.3 Å². The summed E-state index contributed by atoms with van der Waals surface area (Å²) in [5.74, 6) is -1.04. The Balaban J connectivity index is 3.30. The number of carbonyl (C=O) groups excluding carboxylic acids is 1. The van der Waals surface area contributed by atoms with Crippen LogP contribution in [0.2, 0.25) is 16.6 Å². The smallest absolute Gasteiger partial charge is 0.295 e. The average molecular weight is 351 g/mol. The first-order valence-electron chi connectivity index (χ1n) is 8.48. The zero-order valence-corrected chi connectivity index (χ0v) is 16.7. The summed E-state index contributed by atoms with van der Waals surface area (Å²) in [4.78, 5) is 11.3. The lowest BCUT2D eigenvalue weighted by molar-refractivity contribution is 0.0638. The molecular weight excluding hydrogens is 322 g/mol. The molecule has 0 radical (unpaired) electrons. The summed E-state index contributed by atoms with van der Waals surface area (Å²) in [5.41, 5.74) is 4.27. The number of carbonyl (C=O) groups is 1. The first-order chi connectivity index (χ1) is 10.9. The molecule has 0 atom stereocenters. The Kier molecular flexibility index (Phi) is 6.52. The average Bonchev–Trinajstić information content (AvgIpc) is 2.46. The van der Waals surface area contributed by atoms with E-state index in [1.165, 1.54) is 31.2 Å². The Labute approximate surface area is 145 Å². The van der Waals surface area contributed by atoms with Gasteiger partial charge in [0, 0.05) is 11.1 Å². The molecule has 0 saturated heterocycles. The van der Waals surface area contributed by atoms with Gasteiger partial charge in [-0.1, -0.05) is 65.8 Å². The zero-order valence-electron chi connectivity index (χ0n) is 15.7. The van der Waals surface area contributed by atoms with Crippen molar-refractivity contribution in [2.45, 2.75) is 71.0 Å². The lowest BCUT2D eigenvalue weighted by Gasteiger charge is -2.38. The topological polar surface area (TPSA) is 17.1 Å². The molecule has 0 amide bonds. The van der Waals surface area contributed by atoms with Crippen LogP contribution in [0.25, 0.3) is 0 Å². The standard InChI is InChI=1S/C20H28F2OSi/c1-14(2)24(15(3)4,16(5)6)13-12-20(21,22)19-10-8-18(9-11-19)17(7)23/h8-11,14-16H,1-7H3. The maximum Gasteiger partial charge on any atom is 0.333 e. The number of benzene rings is 1. The van der Waals surface area contributed by atoms with E-state index in [0.717, 1.165) is 0 Å². The number of rotatable bonds is 5. The van der Waals surface area contributed by atoms with Crippen molar-refractivity contribution in [3.8, 4) is 11.5 Å². The largest absolute Gasteiger partial charge is 0.333 e. The predicted molar refractivity (Wildman–Crippen MR) is 99.2 cm³/mol. The van der Waals surface area contributed by atoms with Crippen molar-refractivity contribution in [2.24, 2.45) is 0 Å². The van der Waals surface area contributed by atoms with Gasteiger partial charge in [-0.25, -0.2) is 0 Å². The van der Waals surface area contributed by atoms with Crippen LogP contribution in [0.4, 0.5) is 8.78 Å². The fraction of sp³-hybridized carbons (Fsp3) is 0.550. The van der Waals surface area contributed by atoms with E-state index >= 15 is 0 Å². The zero-order chi connectivity index (χ0) is 18.7. The molecule has 1 aromatic rings. The first-order valence-corrected chi connectivity index (χ1v) is 10.7. The van der Waals surface area contributed by atoms with E-state index in [9.17, 15) is 13.6 Å². The number of ketones is 1. The van der Waals surface area contributed by atoms with Crippen LogP contribution in [0.5, 0.6) is 0 Å². The second kappa shape index (κ2) is 7.61. The molecule has 0 heterocycles. The van der Waals surface area contributed by atoms with E-state index in [1.807, 2.05) is 0 Å². The molecule has 0 aliphatic carbocycles. The van der Waals surface area contributed by atoms with Gasteiger partial charge in [0.25, 0.3) is 0 Å². The number of Topliss-reactive ketones (excluding diaryl/α,β-unsaturated/α-hetero) is 1. The number of hydrogen-bond donors (Lipinski definition) is 0. The lowest BCUT2D eigenvalue weighted by atomic mass is 10.1. The van der Waals surface area contributed by atoms with Crippen molar-refractivity contribution in [2.75, 3.05) is 0 Å². The third-order valence-corrected chi connectivity index (χ3v) is 11.2. The van der Waals surface area contributed by atoms with E-state index in [2.05, 4.69) is 53.0 Å². The molecule has 132 valence electrons. The Morgan fingerprint density at radius 1 is 0.958 bits per heavy atom. The van der Waals surface area contributed by atoms with Crippen LogP contribution in [0.3, 0.4) is 0 Å². The normalized spacial score (nSPS) is 12.5. The highest BCUT2D eigenvalue weighted by Gasteiger charge is 2.42. The summed E-state index contributed by atoms with van der Waals surface area (Å²) < 4.78 is 29.1. The molecule has 1 aromatic carbocycles. The Bertz CT molecular complexity index is 612. The lowest BCUT2D eigenvalue weighted by Crippen LogP contribution is -2.43. The monoisotopic (exact) mass is 350 g/mol. The molecule has 0 aliphatic heterocycles. The van der Waals surface area contributed by atoms with E-state index in [1.54, 1.807) is 0 Å². The molecular formula is C20H28F2OSi. The van der Waals surface area contributed by atoms with Gasteiger partial charge in [-0.05, 0) is 29.5 Å². The summed E-state index contributed by atoms with van der Waals surface area (Å²) in [6, 6.07) is 5.47. The molecule has 0 bridgehead atoms. The van der Waals surface area contributed by atoms with E-state index in [-0.39, 0.29) is 11.3 Å². The van der Waals surface area contributed by atoms with Gasteiger partial charge in [-0.2, -0.15) is 8.78 Å². The third kappa shape index (κ3) is 4.13. The quantitative estimate of drug-likeness (QED) is 0.351. The van der Waals surface area contributed by atoms with Crippen molar-refractivity contribution in [1.82, 2.24) is 0 Å². The molecule has 4 heteroatoms. The molecule has 0 unspecified atom stereocenters. The summed E-state index contributed by atoms with van der Waals surface area (Å²) >= 11 is 0. The minimum Gasteiger partial charge on any atom is -0.295 e. The van der Waals surface area contributed by atoms with Gasteiger partial charge >= 0.3 is 5.92 Å². The molecule has 0 aliphatic rings. The van der Waals surface area contributed by atoms with Crippen molar-refractivity contribution in [3.05, 3.63) is 35.4 Å². The summed E-state index contributed by atoms with van der Waals surface area (Å²) in [6.45, 7) is 14.0. The van der Waals surface area contributed by atoms with Gasteiger partial charge in [0.05, 0.1) is 0 Å². The van der Waals surface area contributed by atoms with E-state index in [0.29, 0.717) is 22.2 Å². The van der Waals surface area contributed by atoms with Crippen LogP contribution in [0.1, 0.15) is 64.4 Å². The van der Waals surface area contributed by atoms with Crippen molar-refractivity contribution < 1.29 is 13.6 Å². The SMILES string of the molecule is CC(=O)c1ccc(C(F)(F)C#C[Si](C(C)C)(C(C)C)C(C)C)cc1. The highest BCUT2D eigenvalue weighted by atomic mass is 28.3. The van der Waals surface area contributed by atoms with Crippen molar-refractivity contribution in [3.63, 3.8) is 0 Å². The van der Waals surface area contributed by atoms with Gasteiger partial charge in [0.2, 0.25) is 0 Å². The second-order valence-corrected chi connectivity index (χ2v) is 12.9. The van der Waals surface area contributed by atoms with Gasteiger partial charge in [-0.15, -0.1) is 5.54 Å². The third-order valence-electron chi connectivity index (χ3n) is 4.96. The van der Waals surface area contributed by atoms with Crippen LogP contribution in [-0.2, 0) is 5.92 Å². The Morgan fingerprint density at radius 3 is 1.71 bits per heavy atom. The van der Waals surface area contributed by atoms with Gasteiger partial charge < -0.3 is 0 Å². The fourth-order valence-corrected chi connectivity index (χ4v) is 8.85. The molecule has 0 N–H and O–H groups in total. The number of hydrogen-bond acceptors (Lipinski definition) is 1. The fourth-order valence-electron chi connectivity index (χ4n) is 3.61. The first kappa shape index (κ1) is 20.6. The summed E-state index contributed by atoms with van der Waals surface area (Å²) in [7, 11) is -2.19. The maximum atomic E-state index is 14.6. The van der Waals surface area contributed by atoms with Gasteiger partial charge in [-0.3, -0.25) is 4.79 Å². The second-order valence-electron chi connectivity index (χ2n) is 7.36. The summed E-state index contributed by atoms with van der Waals surface area (Å²) in [6.07, 6.45) is 0. The maximum absolute atomic E-state index is 14.6. The highest BCUT2D eigenvalue weighted by molar-refractivity contribution is 6.90. The number of halogens is 2. The van der Waals surface area contributed by atoms with Gasteiger partial charge in [0.15, 0.2) is 5.78 Å². The molecule has 1 nitrogen and oxygen atoms in total. The van der Waals surface area contributed by atoms with E-state index < -0.39 is 14.0 Å². The van der Waals surface area contributed by atoms with E-state index in [4.69, 9.17) is 0 Å². The van der Waals surface area contributed by atoms with Crippen molar-refractivity contribution in [1.29, 1.82) is 0 Å². The molecule has 0 fully saturated rings. The van der Waals surface area contributed by atoms with Crippen LogP contribution < -0.4 is 0 Å². The van der Waals surface area contributed by atoms with Crippen LogP contribution in [0, 0.1) is 11.5 Å². The van der Waals surface area contributed by atoms with Crippen LogP contribution in [-0.4, -0.2) is 13.9 Å². The van der Waals surface area contributed by atoms with Crippen LogP contribution >= 0.6 is 0 Å². The minimum atomic E-state index is -3.20. The molecule has 0 aromatic heterocycles. The molecule has 0 spiro atoms. The Hall–Kier alpha value is -1.47. The summed E-state index contributed by atoms with van der Waals surface area (Å²) in [5, 5.41) is 0. The minimum absolute atomic E-state index is 0.137. The van der Waals surface area contributed by atoms with Gasteiger partial charge in [0.1, 0.15) is 8.07 Å². The highest BCUT2D eigenvalue weighted by Crippen LogP contribution is 2.41. The molecule has 1 rings (SSSR count). The Morgan fingerprint density at radius 2 is 1.38 bits per heavy atom. The predicted octanol–water partition coefficient (Wildman–Crippen LogP) is 6.20. The molecule has 24 heavy (non-hydrogen) atoms.